The minimum Gasteiger partial charge on any atom is -0.487 e. The number of fused-ring (bicyclic) bond motifs is 4. The van der Waals surface area contributed by atoms with Crippen molar-refractivity contribution in [3.63, 3.8) is 0 Å². The Labute approximate surface area is 200 Å². The predicted octanol–water partition coefficient (Wildman–Crippen LogP) is 4.27. The topological polar surface area (TPSA) is 106 Å². The molecule has 2 aromatic rings. The summed E-state index contributed by atoms with van der Waals surface area (Å²) >= 11 is 0. The lowest BCUT2D eigenvalue weighted by atomic mass is 9.43. The van der Waals surface area contributed by atoms with Crippen LogP contribution in [0.1, 0.15) is 58.9 Å². The first-order valence-electron chi connectivity index (χ1n) is 12.2. The SMILES string of the molecule is CC(=O)O[C@H]1CC[C@@]2(C)[C@@H](CC[C@@]3(C)Oc4cc(-c5cccnc5)oc(=N)c4C[C@H]23)[C@]1(C)CO. The van der Waals surface area contributed by atoms with E-state index in [2.05, 4.69) is 25.8 Å². The Hall–Kier alpha value is -2.67. The van der Waals surface area contributed by atoms with Crippen LogP contribution in [0.2, 0.25) is 0 Å². The van der Waals surface area contributed by atoms with Gasteiger partial charge in [-0.3, -0.25) is 15.2 Å². The number of nitrogens with zero attached hydrogens (tertiary/aromatic N) is 1. The zero-order chi connectivity index (χ0) is 24.3. The second kappa shape index (κ2) is 7.94. The van der Waals surface area contributed by atoms with Gasteiger partial charge < -0.3 is 19.0 Å². The third-order valence-corrected chi connectivity index (χ3v) is 9.13. The molecule has 5 rings (SSSR count). The summed E-state index contributed by atoms with van der Waals surface area (Å²) < 4.78 is 18.3. The van der Waals surface area contributed by atoms with Gasteiger partial charge in [0.1, 0.15) is 23.2 Å². The molecule has 182 valence electrons. The highest BCUT2D eigenvalue weighted by atomic mass is 16.5. The predicted molar refractivity (Wildman–Crippen MR) is 125 cm³/mol. The second-order valence-corrected chi connectivity index (χ2v) is 11.1. The molecule has 3 heterocycles. The monoisotopic (exact) mass is 466 g/mol. The number of nitrogens with one attached hydrogen (secondary N) is 1. The summed E-state index contributed by atoms with van der Waals surface area (Å²) in [5.41, 5.74) is 0.703. The van der Waals surface area contributed by atoms with Gasteiger partial charge in [0.25, 0.3) is 0 Å². The Balaban J connectivity index is 1.53. The average molecular weight is 467 g/mol. The lowest BCUT2D eigenvalue weighted by Crippen LogP contribution is -2.65. The third-order valence-electron chi connectivity index (χ3n) is 9.13. The van der Waals surface area contributed by atoms with Crippen molar-refractivity contribution < 1.29 is 23.8 Å². The van der Waals surface area contributed by atoms with E-state index in [0.29, 0.717) is 18.6 Å². The number of aliphatic hydroxyl groups excluding tert-OH is 1. The number of esters is 1. The molecule has 0 unspecified atom stereocenters. The van der Waals surface area contributed by atoms with Gasteiger partial charge >= 0.3 is 5.97 Å². The second-order valence-electron chi connectivity index (χ2n) is 11.1. The average Bonchev–Trinajstić information content (AvgIpc) is 2.80. The number of ether oxygens (including phenoxy) is 2. The molecule has 2 fully saturated rings. The molecule has 0 aromatic carbocycles. The molecule has 6 atom stereocenters. The Kier molecular flexibility index (Phi) is 5.39. The summed E-state index contributed by atoms with van der Waals surface area (Å²) in [5, 5.41) is 19.2. The summed E-state index contributed by atoms with van der Waals surface area (Å²) in [6, 6.07) is 5.66. The van der Waals surface area contributed by atoms with E-state index < -0.39 is 5.41 Å². The zero-order valence-electron chi connectivity index (χ0n) is 20.4. The van der Waals surface area contributed by atoms with Gasteiger partial charge in [0.05, 0.1) is 12.2 Å². The Bertz CT molecular complexity index is 1160. The smallest absolute Gasteiger partial charge is 0.302 e. The Morgan fingerprint density at radius 3 is 2.74 bits per heavy atom. The van der Waals surface area contributed by atoms with Crippen LogP contribution in [0.4, 0.5) is 0 Å². The standard InChI is InChI=1S/C27H34N2O5/c1-16(31)32-23-8-9-25(2)21(26(23,3)15-30)7-10-27(4)22(25)12-18-20(34-27)13-19(33-24(18)28)17-6-5-11-29-14-17/h5-6,11,13-14,21-23,28,30H,7-10,12,15H2,1-4H3/t21-,22-,23+,25+,26+,27-/m1/s1. The summed E-state index contributed by atoms with van der Waals surface area (Å²) in [6.45, 7) is 7.97. The third kappa shape index (κ3) is 3.39. The maximum Gasteiger partial charge on any atom is 0.302 e. The van der Waals surface area contributed by atoms with E-state index in [-0.39, 0.29) is 47.1 Å². The molecule has 1 aliphatic heterocycles. The molecule has 0 radical (unpaired) electrons. The van der Waals surface area contributed by atoms with E-state index in [1.165, 1.54) is 6.92 Å². The number of rotatable bonds is 3. The quantitative estimate of drug-likeness (QED) is 0.655. The van der Waals surface area contributed by atoms with Crippen molar-refractivity contribution in [3.05, 3.63) is 41.7 Å². The maximum absolute atomic E-state index is 11.8. The first-order chi connectivity index (χ1) is 16.1. The van der Waals surface area contributed by atoms with E-state index in [1.807, 2.05) is 18.2 Å². The molecule has 34 heavy (non-hydrogen) atoms. The number of hydrogen-bond acceptors (Lipinski definition) is 7. The number of pyridine rings is 1. The van der Waals surface area contributed by atoms with Crippen LogP contribution >= 0.6 is 0 Å². The fourth-order valence-electron chi connectivity index (χ4n) is 7.39. The van der Waals surface area contributed by atoms with Crippen molar-refractivity contribution in [3.8, 4) is 17.1 Å². The van der Waals surface area contributed by atoms with Crippen LogP contribution < -0.4 is 10.3 Å². The molecule has 2 aliphatic carbocycles. The van der Waals surface area contributed by atoms with Gasteiger partial charge in [-0.2, -0.15) is 0 Å². The normalized spacial score (nSPS) is 36.4. The molecule has 3 aliphatic rings. The number of carbonyl (C=O) groups is 1. The van der Waals surface area contributed by atoms with Crippen molar-refractivity contribution in [2.75, 3.05) is 6.61 Å². The van der Waals surface area contributed by atoms with Crippen LogP contribution in [0.5, 0.6) is 5.75 Å². The van der Waals surface area contributed by atoms with E-state index in [4.69, 9.17) is 19.3 Å². The summed E-state index contributed by atoms with van der Waals surface area (Å²) in [7, 11) is 0. The number of aromatic nitrogens is 1. The highest BCUT2D eigenvalue weighted by molar-refractivity contribution is 5.66. The minimum absolute atomic E-state index is 0.0282. The molecule has 2 saturated carbocycles. The van der Waals surface area contributed by atoms with Crippen molar-refractivity contribution in [2.45, 2.75) is 71.5 Å². The van der Waals surface area contributed by atoms with Gasteiger partial charge in [0.2, 0.25) is 5.55 Å². The summed E-state index contributed by atoms with van der Waals surface area (Å²) in [6.07, 6.45) is 7.13. The van der Waals surface area contributed by atoms with Crippen LogP contribution in [0, 0.1) is 28.1 Å². The zero-order valence-corrected chi connectivity index (χ0v) is 20.4. The van der Waals surface area contributed by atoms with Gasteiger partial charge in [0, 0.05) is 42.3 Å². The van der Waals surface area contributed by atoms with Crippen LogP contribution in [-0.2, 0) is 16.0 Å². The van der Waals surface area contributed by atoms with Gasteiger partial charge in [0.15, 0.2) is 0 Å². The molecule has 0 amide bonds. The Morgan fingerprint density at radius 2 is 2.06 bits per heavy atom. The lowest BCUT2D eigenvalue weighted by molar-refractivity contribution is -0.216. The fraction of sp³-hybridized carbons (Fsp3) is 0.593. The first kappa shape index (κ1) is 23.1. The van der Waals surface area contributed by atoms with Crippen molar-refractivity contribution in [1.29, 1.82) is 5.41 Å². The van der Waals surface area contributed by atoms with Crippen LogP contribution in [0.15, 0.2) is 35.0 Å². The molecule has 2 aromatic heterocycles. The number of carbonyl (C=O) groups excluding carboxylic acids is 1. The highest BCUT2D eigenvalue weighted by Gasteiger charge is 2.64. The van der Waals surface area contributed by atoms with Crippen molar-refractivity contribution in [2.24, 2.45) is 22.7 Å². The minimum atomic E-state index is -0.515. The van der Waals surface area contributed by atoms with Crippen LogP contribution in [0.3, 0.4) is 0 Å². The van der Waals surface area contributed by atoms with Gasteiger partial charge in [-0.1, -0.05) is 13.8 Å². The summed E-state index contributed by atoms with van der Waals surface area (Å²) in [5.74, 6) is 1.32. The maximum atomic E-state index is 11.8. The van der Waals surface area contributed by atoms with Gasteiger partial charge in [-0.05, 0) is 62.5 Å². The van der Waals surface area contributed by atoms with Crippen LogP contribution in [-0.4, -0.2) is 34.4 Å². The molecule has 0 saturated heterocycles. The first-order valence-corrected chi connectivity index (χ1v) is 12.2. The number of aliphatic hydroxyl groups is 1. The summed E-state index contributed by atoms with van der Waals surface area (Å²) in [4.78, 5) is 15.9. The molecule has 7 nitrogen and oxygen atoms in total. The number of hydrogen-bond donors (Lipinski definition) is 2. The van der Waals surface area contributed by atoms with Gasteiger partial charge in [-0.25, -0.2) is 0 Å². The molecule has 2 N–H and O–H groups in total. The molecule has 0 spiro atoms. The largest absolute Gasteiger partial charge is 0.487 e. The van der Waals surface area contributed by atoms with E-state index >= 15 is 0 Å². The van der Waals surface area contributed by atoms with E-state index in [0.717, 1.165) is 36.1 Å². The Morgan fingerprint density at radius 1 is 1.26 bits per heavy atom. The molecule has 7 heteroatoms. The van der Waals surface area contributed by atoms with E-state index in [9.17, 15) is 9.90 Å². The van der Waals surface area contributed by atoms with E-state index in [1.54, 1.807) is 12.4 Å². The highest BCUT2D eigenvalue weighted by Crippen LogP contribution is 2.64. The molecule has 0 bridgehead atoms. The van der Waals surface area contributed by atoms with Crippen molar-refractivity contribution in [1.82, 2.24) is 4.98 Å². The van der Waals surface area contributed by atoms with Gasteiger partial charge in [-0.15, -0.1) is 0 Å². The van der Waals surface area contributed by atoms with Crippen LogP contribution in [0.25, 0.3) is 11.3 Å². The fourth-order valence-corrected chi connectivity index (χ4v) is 7.39. The molecular weight excluding hydrogens is 432 g/mol. The molecular formula is C27H34N2O5. The van der Waals surface area contributed by atoms with Crippen molar-refractivity contribution >= 4 is 5.97 Å². The lowest BCUT2D eigenvalue weighted by Gasteiger charge is -2.64.